The molecule has 0 aliphatic heterocycles. The van der Waals surface area contributed by atoms with Gasteiger partial charge in [0.1, 0.15) is 5.03 Å². The Labute approximate surface area is 142 Å². The lowest BCUT2D eigenvalue weighted by Crippen LogP contribution is -2.34. The van der Waals surface area contributed by atoms with E-state index in [4.69, 9.17) is 28.1 Å². The number of hydrogen-bond donors (Lipinski definition) is 2. The third-order valence-electron chi connectivity index (χ3n) is 4.50. The van der Waals surface area contributed by atoms with Gasteiger partial charge in [0.15, 0.2) is 0 Å². The molecular weight excluding hydrogens is 310 g/mol. The summed E-state index contributed by atoms with van der Waals surface area (Å²) in [6.45, 7) is 7.99. The quantitative estimate of drug-likeness (QED) is 0.613. The highest BCUT2D eigenvalue weighted by Gasteiger charge is 2.37. The van der Waals surface area contributed by atoms with Gasteiger partial charge in [0, 0.05) is 22.9 Å². The maximum atomic E-state index is 11.9. The van der Waals surface area contributed by atoms with Crippen molar-refractivity contribution in [3.63, 3.8) is 0 Å². The molecule has 4 nitrogen and oxygen atoms in total. The maximum absolute atomic E-state index is 11.9. The fraction of sp³-hybridized carbons (Fsp3) is 0.444. The number of allylic oxidation sites excluding steroid dienone is 7. The number of Topliss-reactive ketones (excluding diaryl/α,β-unsaturated/α-hetero) is 1. The molecule has 0 heterocycles. The zero-order valence-corrected chi connectivity index (χ0v) is 14.8. The topological polar surface area (TPSA) is 81.5 Å². The molecule has 1 saturated carbocycles. The molecule has 23 heavy (non-hydrogen) atoms. The third-order valence-corrected chi connectivity index (χ3v) is 4.88. The zero-order valence-electron chi connectivity index (χ0n) is 14.1. The van der Waals surface area contributed by atoms with E-state index >= 15 is 0 Å². The number of nitrogens with two attached hydrogens (primary N) is 2. The van der Waals surface area contributed by atoms with Crippen LogP contribution in [0.4, 0.5) is 0 Å². The number of carbonyl (C=O) groups is 1. The minimum atomic E-state index is -0.239. The minimum absolute atomic E-state index is 0.0448. The molecule has 0 spiro atoms. The van der Waals surface area contributed by atoms with E-state index in [-0.39, 0.29) is 16.5 Å². The Morgan fingerprint density at radius 1 is 1.35 bits per heavy atom. The lowest BCUT2D eigenvalue weighted by atomic mass is 9.65. The first-order chi connectivity index (χ1) is 10.7. The third kappa shape index (κ3) is 3.58. The van der Waals surface area contributed by atoms with Gasteiger partial charge in [0.05, 0.1) is 11.4 Å². The smallest absolute Gasteiger partial charge is 0.202 e. The van der Waals surface area contributed by atoms with Crippen LogP contribution in [0.1, 0.15) is 34.1 Å². The van der Waals surface area contributed by atoms with Crippen LogP contribution in [0, 0.1) is 17.8 Å². The molecule has 2 aliphatic rings. The van der Waals surface area contributed by atoms with E-state index in [1.54, 1.807) is 13.0 Å². The van der Waals surface area contributed by atoms with Gasteiger partial charge in [-0.05, 0) is 50.3 Å². The molecule has 4 N–H and O–H groups in total. The van der Waals surface area contributed by atoms with Crippen molar-refractivity contribution in [1.29, 1.82) is 0 Å². The van der Waals surface area contributed by atoms with Crippen LogP contribution in [0.2, 0.25) is 0 Å². The van der Waals surface area contributed by atoms with Crippen molar-refractivity contribution in [3.8, 4) is 0 Å². The second kappa shape index (κ2) is 6.75. The molecular formula is C18H24ClN3O. The molecule has 0 aromatic carbocycles. The summed E-state index contributed by atoms with van der Waals surface area (Å²) in [5, 5.41) is 0.0448. The number of rotatable bonds is 3. The first-order valence-electron chi connectivity index (χ1n) is 7.83. The molecule has 0 amide bonds. The number of halogens is 1. The lowest BCUT2D eigenvalue weighted by molar-refractivity contribution is -0.111. The zero-order chi connectivity index (χ0) is 17.3. The maximum Gasteiger partial charge on any atom is 0.202 e. The monoisotopic (exact) mass is 333 g/mol. The molecule has 2 atom stereocenters. The van der Waals surface area contributed by atoms with Crippen molar-refractivity contribution in [2.75, 3.05) is 0 Å². The van der Waals surface area contributed by atoms with E-state index in [0.717, 1.165) is 11.4 Å². The van der Waals surface area contributed by atoms with Crippen LogP contribution in [0.25, 0.3) is 0 Å². The number of ketones is 1. The van der Waals surface area contributed by atoms with Crippen LogP contribution in [-0.2, 0) is 4.79 Å². The van der Waals surface area contributed by atoms with Gasteiger partial charge in [0.2, 0.25) is 5.78 Å². The molecule has 0 radical (unpaired) electrons. The Balaban J connectivity index is 2.47. The second-order valence-electron chi connectivity index (χ2n) is 6.60. The Kier molecular flexibility index (Phi) is 5.15. The standard InChI is InChI=1S/C18H24ClN3O/c1-9-7-10(2)15(9)13(6-5-12(4)20)22-14-8-11(3)18(23)16(19)17(14)21/h5-6,8-10,15H,7,20-21H2,1-4H3/b12-5+,13-6+,22-14+. The summed E-state index contributed by atoms with van der Waals surface area (Å²) in [4.78, 5) is 16.6. The number of hydrogen-bond acceptors (Lipinski definition) is 4. The fourth-order valence-corrected chi connectivity index (χ4v) is 3.50. The molecule has 1 fully saturated rings. The summed E-state index contributed by atoms with van der Waals surface area (Å²) in [5.74, 6) is 1.24. The first kappa shape index (κ1) is 17.5. The van der Waals surface area contributed by atoms with Crippen LogP contribution in [-0.4, -0.2) is 11.5 Å². The highest BCUT2D eigenvalue weighted by molar-refractivity contribution is 6.49. The van der Waals surface area contributed by atoms with Gasteiger partial charge in [-0.2, -0.15) is 0 Å². The molecule has 0 saturated heterocycles. The van der Waals surface area contributed by atoms with Crippen molar-refractivity contribution in [2.45, 2.75) is 34.1 Å². The van der Waals surface area contributed by atoms with Crippen molar-refractivity contribution in [1.82, 2.24) is 0 Å². The van der Waals surface area contributed by atoms with Gasteiger partial charge < -0.3 is 11.5 Å². The number of nitrogens with zero attached hydrogens (tertiary/aromatic N) is 1. The van der Waals surface area contributed by atoms with Gasteiger partial charge in [-0.3, -0.25) is 9.79 Å². The minimum Gasteiger partial charge on any atom is -0.402 e. The Bertz CT molecular complexity index is 670. The summed E-state index contributed by atoms with van der Waals surface area (Å²) in [6.07, 6.45) is 6.67. The van der Waals surface area contributed by atoms with Crippen LogP contribution >= 0.6 is 11.6 Å². The fourth-order valence-electron chi connectivity index (χ4n) is 3.26. The van der Waals surface area contributed by atoms with Gasteiger partial charge in [-0.25, -0.2) is 0 Å². The van der Waals surface area contributed by atoms with Gasteiger partial charge >= 0.3 is 0 Å². The molecule has 5 heteroatoms. The predicted molar refractivity (Wildman–Crippen MR) is 95.7 cm³/mol. The van der Waals surface area contributed by atoms with E-state index in [1.165, 1.54) is 6.42 Å². The second-order valence-corrected chi connectivity index (χ2v) is 6.98. The average Bonchev–Trinajstić information content (AvgIpc) is 2.47. The molecule has 2 rings (SSSR count). The van der Waals surface area contributed by atoms with Crippen molar-refractivity contribution in [2.24, 2.45) is 34.2 Å². The van der Waals surface area contributed by atoms with Crippen LogP contribution in [0.3, 0.4) is 0 Å². The highest BCUT2D eigenvalue weighted by Crippen LogP contribution is 2.45. The summed E-state index contributed by atoms with van der Waals surface area (Å²) in [6, 6.07) is 0. The van der Waals surface area contributed by atoms with Crippen molar-refractivity contribution < 1.29 is 4.79 Å². The van der Waals surface area contributed by atoms with Crippen LogP contribution < -0.4 is 11.5 Å². The molecule has 0 aromatic rings. The van der Waals surface area contributed by atoms with Crippen LogP contribution in [0.5, 0.6) is 0 Å². The number of aliphatic imine (C=N–C) groups is 1. The lowest BCUT2D eigenvalue weighted by Gasteiger charge is -2.41. The van der Waals surface area contributed by atoms with E-state index in [1.807, 2.05) is 19.1 Å². The van der Waals surface area contributed by atoms with Crippen molar-refractivity contribution in [3.05, 3.63) is 45.9 Å². The Hall–Kier alpha value is -1.81. The normalized spacial score (nSPS) is 31.3. The summed E-state index contributed by atoms with van der Waals surface area (Å²) in [5.41, 5.74) is 14.7. The molecule has 0 aromatic heterocycles. The van der Waals surface area contributed by atoms with Crippen LogP contribution in [0.15, 0.2) is 50.9 Å². The largest absolute Gasteiger partial charge is 0.402 e. The molecule has 2 unspecified atom stereocenters. The number of carbonyl (C=O) groups excluding carboxylic acids is 1. The Morgan fingerprint density at radius 3 is 2.48 bits per heavy atom. The van der Waals surface area contributed by atoms with E-state index < -0.39 is 0 Å². The SMILES string of the molecule is CC1=C\C(=N/C(=C/C=C(\C)N)C2C(C)CC2C)C(N)=C(Cl)C1=O. The van der Waals surface area contributed by atoms with E-state index in [2.05, 4.69) is 13.8 Å². The van der Waals surface area contributed by atoms with E-state index in [9.17, 15) is 4.79 Å². The van der Waals surface area contributed by atoms with Gasteiger partial charge in [0.25, 0.3) is 0 Å². The molecule has 124 valence electrons. The van der Waals surface area contributed by atoms with E-state index in [0.29, 0.717) is 29.0 Å². The average molecular weight is 334 g/mol. The summed E-state index contributed by atoms with van der Waals surface area (Å²) >= 11 is 6.03. The molecule has 0 bridgehead atoms. The summed E-state index contributed by atoms with van der Waals surface area (Å²) in [7, 11) is 0. The highest BCUT2D eigenvalue weighted by atomic mass is 35.5. The summed E-state index contributed by atoms with van der Waals surface area (Å²) < 4.78 is 0. The predicted octanol–water partition coefficient (Wildman–Crippen LogP) is 3.40. The van der Waals surface area contributed by atoms with Gasteiger partial charge in [-0.15, -0.1) is 0 Å². The molecule has 2 aliphatic carbocycles. The Morgan fingerprint density at radius 2 is 1.96 bits per heavy atom. The van der Waals surface area contributed by atoms with Gasteiger partial charge in [-0.1, -0.05) is 25.4 Å². The van der Waals surface area contributed by atoms with Crippen molar-refractivity contribution >= 4 is 23.1 Å². The first-order valence-corrected chi connectivity index (χ1v) is 8.21.